The van der Waals surface area contributed by atoms with E-state index in [0.717, 1.165) is 42.5 Å². The number of aromatic nitrogens is 3. The third-order valence-electron chi connectivity index (χ3n) is 4.53. The summed E-state index contributed by atoms with van der Waals surface area (Å²) in [6, 6.07) is 2.01. The lowest BCUT2D eigenvalue weighted by Gasteiger charge is -2.29. The summed E-state index contributed by atoms with van der Waals surface area (Å²) in [7, 11) is 1.67. The van der Waals surface area contributed by atoms with Gasteiger partial charge in [0.15, 0.2) is 5.82 Å². The molecule has 0 spiro atoms. The fourth-order valence-electron chi connectivity index (χ4n) is 3.09. The van der Waals surface area contributed by atoms with Crippen LogP contribution < -0.4 is 10.9 Å². The minimum Gasteiger partial charge on any atom is -0.381 e. The van der Waals surface area contributed by atoms with E-state index in [1.807, 2.05) is 0 Å². The summed E-state index contributed by atoms with van der Waals surface area (Å²) in [4.78, 5) is 16.1. The molecule has 10 heteroatoms. The van der Waals surface area contributed by atoms with Gasteiger partial charge in [0.2, 0.25) is 0 Å². The van der Waals surface area contributed by atoms with Gasteiger partial charge in [0, 0.05) is 19.3 Å². The highest BCUT2D eigenvalue weighted by atomic mass is 35.5. The highest BCUT2D eigenvalue weighted by molar-refractivity contribution is 6.32. The molecule has 2 heterocycles. The Hall–Kier alpha value is -2.13. The summed E-state index contributed by atoms with van der Waals surface area (Å²) in [5, 5.41) is 7.10. The van der Waals surface area contributed by atoms with Gasteiger partial charge in [0.25, 0.3) is 5.56 Å². The summed E-state index contributed by atoms with van der Waals surface area (Å²) < 4.78 is 44.1. The first kappa shape index (κ1) is 19.6. The molecule has 1 saturated carbocycles. The molecule has 1 fully saturated rings. The highest BCUT2D eigenvalue weighted by Crippen LogP contribution is 2.29. The zero-order chi connectivity index (χ0) is 19.6. The lowest BCUT2D eigenvalue weighted by atomic mass is 9.93. The Kier molecular flexibility index (Phi) is 5.71. The molecule has 2 aromatic heterocycles. The lowest BCUT2D eigenvalue weighted by molar-refractivity contribution is -0.137. The van der Waals surface area contributed by atoms with Gasteiger partial charge in [-0.05, 0) is 37.8 Å². The van der Waals surface area contributed by atoms with E-state index in [1.54, 1.807) is 7.11 Å². The van der Waals surface area contributed by atoms with Crippen LogP contribution in [0.15, 0.2) is 29.3 Å². The zero-order valence-electron chi connectivity index (χ0n) is 14.5. The maximum atomic E-state index is 12.6. The molecule has 27 heavy (non-hydrogen) atoms. The highest BCUT2D eigenvalue weighted by Gasteiger charge is 2.31. The molecular weight excluding hydrogens is 385 g/mol. The Morgan fingerprint density at radius 1 is 1.30 bits per heavy atom. The van der Waals surface area contributed by atoms with E-state index in [-0.39, 0.29) is 23.0 Å². The fraction of sp³-hybridized carbons (Fsp3) is 0.471. The predicted molar refractivity (Wildman–Crippen MR) is 94.3 cm³/mol. The first-order valence-electron chi connectivity index (χ1n) is 8.40. The van der Waals surface area contributed by atoms with E-state index in [4.69, 9.17) is 16.3 Å². The lowest BCUT2D eigenvalue weighted by Crippen LogP contribution is -2.32. The van der Waals surface area contributed by atoms with Crippen molar-refractivity contribution in [3.8, 4) is 5.82 Å². The van der Waals surface area contributed by atoms with Crippen molar-refractivity contribution >= 4 is 17.3 Å². The number of rotatable bonds is 4. The molecule has 0 bridgehead atoms. The number of anilines is 1. The van der Waals surface area contributed by atoms with Gasteiger partial charge < -0.3 is 10.1 Å². The zero-order valence-corrected chi connectivity index (χ0v) is 15.2. The number of hydrogen-bond acceptors (Lipinski definition) is 5. The van der Waals surface area contributed by atoms with Crippen LogP contribution in [0.3, 0.4) is 0 Å². The van der Waals surface area contributed by atoms with Crippen molar-refractivity contribution in [1.82, 2.24) is 14.8 Å². The van der Waals surface area contributed by atoms with Crippen LogP contribution in [0.5, 0.6) is 0 Å². The van der Waals surface area contributed by atoms with Gasteiger partial charge in [0.05, 0.1) is 23.6 Å². The van der Waals surface area contributed by atoms with Gasteiger partial charge in [-0.15, -0.1) is 0 Å². The number of alkyl halides is 3. The van der Waals surface area contributed by atoms with Crippen molar-refractivity contribution < 1.29 is 17.9 Å². The Labute approximate surface area is 158 Å². The van der Waals surface area contributed by atoms with E-state index < -0.39 is 17.3 Å². The fourth-order valence-corrected chi connectivity index (χ4v) is 3.27. The average molecular weight is 403 g/mol. The van der Waals surface area contributed by atoms with E-state index >= 15 is 0 Å². The molecule has 2 atom stereocenters. The monoisotopic (exact) mass is 402 g/mol. The van der Waals surface area contributed by atoms with Crippen molar-refractivity contribution in [2.45, 2.75) is 44.0 Å². The van der Waals surface area contributed by atoms with Crippen LogP contribution in [-0.2, 0) is 10.9 Å². The van der Waals surface area contributed by atoms with Gasteiger partial charge in [-0.3, -0.25) is 4.79 Å². The van der Waals surface area contributed by atoms with E-state index in [2.05, 4.69) is 15.4 Å². The second-order valence-electron chi connectivity index (χ2n) is 6.36. The molecule has 0 aliphatic heterocycles. The number of ether oxygens (including phenoxy) is 1. The number of nitrogens with zero attached hydrogens (tertiary/aromatic N) is 3. The second-order valence-corrected chi connectivity index (χ2v) is 6.74. The molecule has 0 amide bonds. The van der Waals surface area contributed by atoms with Crippen LogP contribution in [0.25, 0.3) is 5.82 Å². The van der Waals surface area contributed by atoms with Crippen molar-refractivity contribution in [1.29, 1.82) is 0 Å². The molecule has 3 rings (SSSR count). The molecule has 1 aliphatic rings. The summed E-state index contributed by atoms with van der Waals surface area (Å²) in [5.74, 6) is -0.0430. The Bertz CT molecular complexity index is 855. The van der Waals surface area contributed by atoms with Gasteiger partial charge in [-0.2, -0.15) is 23.0 Å². The molecule has 6 nitrogen and oxygen atoms in total. The van der Waals surface area contributed by atoms with Crippen LogP contribution >= 0.6 is 11.6 Å². The number of methoxy groups -OCH3 is 1. The van der Waals surface area contributed by atoms with Crippen molar-refractivity contribution in [3.63, 3.8) is 0 Å². The van der Waals surface area contributed by atoms with Crippen molar-refractivity contribution in [2.75, 3.05) is 12.4 Å². The maximum absolute atomic E-state index is 12.6. The molecule has 0 radical (unpaired) electrons. The average Bonchev–Trinajstić information content (AvgIpc) is 2.65. The molecule has 1 aliphatic carbocycles. The first-order chi connectivity index (χ1) is 12.8. The molecule has 0 aromatic carbocycles. The minimum atomic E-state index is -4.50. The number of nitrogens with one attached hydrogen (secondary N) is 1. The van der Waals surface area contributed by atoms with Gasteiger partial charge in [-0.25, -0.2) is 4.98 Å². The molecule has 146 valence electrons. The molecule has 2 unspecified atom stereocenters. The van der Waals surface area contributed by atoms with E-state index in [9.17, 15) is 18.0 Å². The largest absolute Gasteiger partial charge is 0.417 e. The normalized spacial score (nSPS) is 20.5. The minimum absolute atomic E-state index is 0.0430. The van der Waals surface area contributed by atoms with Crippen LogP contribution in [0.1, 0.15) is 31.2 Å². The predicted octanol–water partition coefficient (Wildman–Crippen LogP) is 3.67. The van der Waals surface area contributed by atoms with Crippen LogP contribution in [0.2, 0.25) is 5.02 Å². The topological polar surface area (TPSA) is 69.0 Å². The van der Waals surface area contributed by atoms with Crippen molar-refractivity contribution in [3.05, 3.63) is 45.5 Å². The van der Waals surface area contributed by atoms with Crippen LogP contribution in [-0.4, -0.2) is 34.0 Å². The summed E-state index contributed by atoms with van der Waals surface area (Å²) in [6.07, 6.45) is 1.36. The summed E-state index contributed by atoms with van der Waals surface area (Å²) in [5.41, 5.74) is -1.19. The Balaban J connectivity index is 1.82. The first-order valence-corrected chi connectivity index (χ1v) is 8.78. The maximum Gasteiger partial charge on any atom is 0.417 e. The molecule has 0 saturated heterocycles. The molecule has 1 N–H and O–H groups in total. The summed E-state index contributed by atoms with van der Waals surface area (Å²) >= 11 is 6.17. The Morgan fingerprint density at radius 2 is 2.07 bits per heavy atom. The Morgan fingerprint density at radius 3 is 2.70 bits per heavy atom. The van der Waals surface area contributed by atoms with Gasteiger partial charge in [0.1, 0.15) is 5.02 Å². The van der Waals surface area contributed by atoms with Crippen molar-refractivity contribution in [2.24, 2.45) is 0 Å². The SMILES string of the molecule is COC1CCCC(Nc2cnn(-c3ccc(C(F)(F)F)cn3)c(=O)c2Cl)C1. The number of hydrogen-bond donors (Lipinski definition) is 1. The van der Waals surface area contributed by atoms with Crippen LogP contribution in [0.4, 0.5) is 18.9 Å². The molecular formula is C17H18ClF3N4O2. The second kappa shape index (κ2) is 7.85. The third-order valence-corrected chi connectivity index (χ3v) is 4.90. The van der Waals surface area contributed by atoms with Gasteiger partial charge >= 0.3 is 6.18 Å². The third kappa shape index (κ3) is 4.41. The number of pyridine rings is 1. The standard InChI is InChI=1S/C17H18ClF3N4O2/c1-27-12-4-2-3-11(7-12)24-13-9-23-25(16(26)15(13)18)14-6-5-10(8-22-14)17(19,20)21/h5-6,8-9,11-12,24H,2-4,7H2,1H3. The smallest absolute Gasteiger partial charge is 0.381 e. The van der Waals surface area contributed by atoms with E-state index in [1.165, 1.54) is 6.20 Å². The van der Waals surface area contributed by atoms with E-state index in [0.29, 0.717) is 11.9 Å². The van der Waals surface area contributed by atoms with Crippen LogP contribution in [0, 0.1) is 0 Å². The number of halogens is 4. The van der Waals surface area contributed by atoms with Gasteiger partial charge in [-0.1, -0.05) is 11.6 Å². The summed E-state index contributed by atoms with van der Waals surface area (Å²) in [6.45, 7) is 0. The molecule has 2 aromatic rings. The quantitative estimate of drug-likeness (QED) is 0.845.